The van der Waals surface area contributed by atoms with Gasteiger partial charge in [0.05, 0.1) is 5.92 Å². The van der Waals surface area contributed by atoms with Crippen molar-refractivity contribution in [3.63, 3.8) is 0 Å². The topological polar surface area (TPSA) is 77.8 Å². The van der Waals surface area contributed by atoms with E-state index in [1.54, 1.807) is 0 Å². The van der Waals surface area contributed by atoms with Crippen LogP contribution < -0.4 is 0 Å². The molecule has 0 aliphatic carbocycles. The first-order chi connectivity index (χ1) is 8.02. The number of hydrogen-bond acceptors (Lipinski definition) is 3. The molecular formula is C12H25BO4. The number of unbranched alkanes of at least 4 members (excludes halogenated alkanes) is 1. The number of carbonyl (C=O) groups is 1. The Labute approximate surface area is 104 Å². The van der Waals surface area contributed by atoms with Gasteiger partial charge in [-0.15, -0.1) is 0 Å². The minimum atomic E-state index is -1.27. The highest BCUT2D eigenvalue weighted by atomic mass is 16.4. The average Bonchev–Trinajstić information content (AvgIpc) is 2.26. The second-order valence-electron chi connectivity index (χ2n) is 4.67. The molecule has 4 nitrogen and oxygen atoms in total. The predicted octanol–water partition coefficient (Wildman–Crippen LogP) is 2.16. The highest BCUT2D eigenvalue weighted by Crippen LogP contribution is 2.26. The van der Waals surface area contributed by atoms with Gasteiger partial charge in [0, 0.05) is 0 Å². The van der Waals surface area contributed by atoms with Crippen LogP contribution in [-0.2, 0) is 4.79 Å². The van der Waals surface area contributed by atoms with E-state index < -0.39 is 13.1 Å². The maximum atomic E-state index is 11.2. The zero-order chi connectivity index (χ0) is 13.3. The Hall–Kier alpha value is -0.545. The molecule has 0 aliphatic heterocycles. The largest absolute Gasteiger partial charge is 0.481 e. The van der Waals surface area contributed by atoms with E-state index >= 15 is 0 Å². The molecule has 0 saturated heterocycles. The summed E-state index contributed by atoms with van der Waals surface area (Å²) in [5.41, 5.74) is 0. The standard InChI is InChI=1S/C12H25BO4/c1-3-7-10(4-2)11(12(14)15)8-5-6-9-13(16)17/h10-11,16-17H,3-9H2,1-2H3,(H,14,15). The highest BCUT2D eigenvalue weighted by Gasteiger charge is 2.25. The van der Waals surface area contributed by atoms with Crippen LogP contribution in [-0.4, -0.2) is 28.2 Å². The van der Waals surface area contributed by atoms with Crippen LogP contribution in [0.2, 0.25) is 6.32 Å². The van der Waals surface area contributed by atoms with Crippen LogP contribution in [0.4, 0.5) is 0 Å². The van der Waals surface area contributed by atoms with Crippen molar-refractivity contribution < 1.29 is 19.9 Å². The zero-order valence-corrected chi connectivity index (χ0v) is 10.9. The second-order valence-corrected chi connectivity index (χ2v) is 4.67. The molecule has 0 radical (unpaired) electrons. The van der Waals surface area contributed by atoms with Gasteiger partial charge in [-0.1, -0.05) is 39.5 Å². The van der Waals surface area contributed by atoms with Crippen molar-refractivity contribution in [1.82, 2.24) is 0 Å². The predicted molar refractivity (Wildman–Crippen MR) is 68.7 cm³/mol. The SMILES string of the molecule is CCCC(CC)C(CCCCB(O)O)C(=O)O. The van der Waals surface area contributed by atoms with Crippen molar-refractivity contribution in [1.29, 1.82) is 0 Å². The van der Waals surface area contributed by atoms with Crippen LogP contribution in [0.25, 0.3) is 0 Å². The Kier molecular flexibility index (Phi) is 9.18. The molecule has 0 aliphatic rings. The monoisotopic (exact) mass is 244 g/mol. The molecule has 0 aromatic heterocycles. The molecule has 0 fully saturated rings. The van der Waals surface area contributed by atoms with Crippen LogP contribution in [0.15, 0.2) is 0 Å². The summed E-state index contributed by atoms with van der Waals surface area (Å²) >= 11 is 0. The lowest BCUT2D eigenvalue weighted by molar-refractivity contribution is -0.144. The van der Waals surface area contributed by atoms with Gasteiger partial charge in [0.15, 0.2) is 0 Å². The van der Waals surface area contributed by atoms with Crippen molar-refractivity contribution in [2.24, 2.45) is 11.8 Å². The summed E-state index contributed by atoms with van der Waals surface area (Å²) in [7, 11) is -1.27. The van der Waals surface area contributed by atoms with E-state index in [9.17, 15) is 9.90 Å². The van der Waals surface area contributed by atoms with Gasteiger partial charge >= 0.3 is 13.1 Å². The maximum absolute atomic E-state index is 11.2. The van der Waals surface area contributed by atoms with E-state index in [-0.39, 0.29) is 11.8 Å². The minimum Gasteiger partial charge on any atom is -0.481 e. The van der Waals surface area contributed by atoms with Gasteiger partial charge in [-0.25, -0.2) is 0 Å². The van der Waals surface area contributed by atoms with E-state index in [2.05, 4.69) is 6.92 Å². The second kappa shape index (κ2) is 9.48. The van der Waals surface area contributed by atoms with Crippen LogP contribution in [0.3, 0.4) is 0 Å². The van der Waals surface area contributed by atoms with Crippen molar-refractivity contribution in [3.8, 4) is 0 Å². The fraction of sp³-hybridized carbons (Fsp3) is 0.917. The summed E-state index contributed by atoms with van der Waals surface area (Å²) in [6.45, 7) is 4.11. The van der Waals surface area contributed by atoms with Crippen LogP contribution >= 0.6 is 0 Å². The first-order valence-electron chi connectivity index (χ1n) is 6.61. The van der Waals surface area contributed by atoms with Gasteiger partial charge in [-0.05, 0) is 25.1 Å². The Bertz CT molecular complexity index is 209. The molecule has 0 rings (SSSR count). The van der Waals surface area contributed by atoms with E-state index in [1.165, 1.54) is 0 Å². The Morgan fingerprint density at radius 2 is 1.82 bits per heavy atom. The summed E-state index contributed by atoms with van der Waals surface area (Å²) in [5.74, 6) is -0.748. The third-order valence-corrected chi connectivity index (χ3v) is 3.30. The number of rotatable bonds is 10. The average molecular weight is 244 g/mol. The van der Waals surface area contributed by atoms with Gasteiger partial charge in [0.1, 0.15) is 0 Å². The lowest BCUT2D eigenvalue weighted by Gasteiger charge is -2.22. The molecule has 3 N–H and O–H groups in total. The molecule has 0 aromatic carbocycles. The van der Waals surface area contributed by atoms with Crippen molar-refractivity contribution in [3.05, 3.63) is 0 Å². The van der Waals surface area contributed by atoms with Crippen molar-refractivity contribution in [2.45, 2.75) is 58.7 Å². The Balaban J connectivity index is 4.09. The molecule has 0 spiro atoms. The number of hydrogen-bond donors (Lipinski definition) is 3. The third kappa shape index (κ3) is 7.39. The lowest BCUT2D eigenvalue weighted by Crippen LogP contribution is -2.23. The van der Waals surface area contributed by atoms with Gasteiger partial charge in [-0.2, -0.15) is 0 Å². The summed E-state index contributed by atoms with van der Waals surface area (Å²) in [6, 6.07) is 0. The molecule has 100 valence electrons. The van der Waals surface area contributed by atoms with E-state index in [4.69, 9.17) is 10.0 Å². The van der Waals surface area contributed by atoms with Crippen LogP contribution in [0.5, 0.6) is 0 Å². The molecule has 0 saturated carbocycles. The number of carboxylic acid groups (broad SMARTS) is 1. The van der Waals surface area contributed by atoms with Gasteiger partial charge in [0.25, 0.3) is 0 Å². The number of aliphatic carboxylic acids is 1. The molecule has 2 atom stereocenters. The van der Waals surface area contributed by atoms with Gasteiger partial charge in [0.2, 0.25) is 0 Å². The van der Waals surface area contributed by atoms with Gasteiger partial charge < -0.3 is 15.2 Å². The third-order valence-electron chi connectivity index (χ3n) is 3.30. The smallest absolute Gasteiger partial charge is 0.451 e. The normalized spacial score (nSPS) is 14.4. The summed E-state index contributed by atoms with van der Waals surface area (Å²) in [4.78, 5) is 11.2. The molecule has 0 amide bonds. The summed E-state index contributed by atoms with van der Waals surface area (Å²) in [5, 5.41) is 26.6. The molecule has 17 heavy (non-hydrogen) atoms. The molecule has 2 unspecified atom stereocenters. The summed E-state index contributed by atoms with van der Waals surface area (Å²) < 4.78 is 0. The first-order valence-corrected chi connectivity index (χ1v) is 6.61. The van der Waals surface area contributed by atoms with Crippen LogP contribution in [0, 0.1) is 11.8 Å². The van der Waals surface area contributed by atoms with E-state index in [0.717, 1.165) is 25.7 Å². The molecule has 0 bridgehead atoms. The maximum Gasteiger partial charge on any atom is 0.451 e. The summed E-state index contributed by atoms with van der Waals surface area (Å²) in [6.07, 6.45) is 5.25. The minimum absolute atomic E-state index is 0.247. The zero-order valence-electron chi connectivity index (χ0n) is 10.9. The molecular weight excluding hydrogens is 219 g/mol. The molecule has 0 aromatic rings. The van der Waals surface area contributed by atoms with Crippen molar-refractivity contribution >= 4 is 13.1 Å². The molecule has 5 heteroatoms. The van der Waals surface area contributed by atoms with Crippen molar-refractivity contribution in [2.75, 3.05) is 0 Å². The van der Waals surface area contributed by atoms with E-state index in [1.807, 2.05) is 6.92 Å². The fourth-order valence-corrected chi connectivity index (χ4v) is 2.31. The Morgan fingerprint density at radius 1 is 1.18 bits per heavy atom. The van der Waals surface area contributed by atoms with Crippen LogP contribution in [0.1, 0.15) is 52.4 Å². The first kappa shape index (κ1) is 16.5. The van der Waals surface area contributed by atoms with Gasteiger partial charge in [-0.3, -0.25) is 4.79 Å². The highest BCUT2D eigenvalue weighted by molar-refractivity contribution is 6.40. The number of carboxylic acids is 1. The fourth-order valence-electron chi connectivity index (χ4n) is 2.31. The Morgan fingerprint density at radius 3 is 2.24 bits per heavy atom. The molecule has 0 heterocycles. The van der Waals surface area contributed by atoms with E-state index in [0.29, 0.717) is 19.2 Å². The quantitative estimate of drug-likeness (QED) is 0.406. The lowest BCUT2D eigenvalue weighted by atomic mass is 9.80.